The van der Waals surface area contributed by atoms with Gasteiger partial charge in [-0.15, -0.1) is 11.6 Å². The topological polar surface area (TPSA) is 46.6 Å². The molecule has 0 aliphatic heterocycles. The predicted molar refractivity (Wildman–Crippen MR) is 86.1 cm³/mol. The molecule has 1 rings (SSSR count). The van der Waals surface area contributed by atoms with Gasteiger partial charge in [-0.3, -0.25) is 0 Å². The van der Waals surface area contributed by atoms with Gasteiger partial charge in [0.05, 0.1) is 11.5 Å². The minimum Gasteiger partial charge on any atom is -0.383 e. The van der Waals surface area contributed by atoms with Crippen LogP contribution in [0.25, 0.3) is 0 Å². The highest BCUT2D eigenvalue weighted by atomic mass is 35.5. The summed E-state index contributed by atoms with van der Waals surface area (Å²) >= 11 is 5.74. The zero-order chi connectivity index (χ0) is 15.9. The summed E-state index contributed by atoms with van der Waals surface area (Å²) in [6.45, 7) is 4.75. The molecule has 6 heteroatoms. The maximum atomic E-state index is 12.8. The van der Waals surface area contributed by atoms with Crippen molar-refractivity contribution in [2.75, 3.05) is 20.3 Å². The van der Waals surface area contributed by atoms with Crippen molar-refractivity contribution in [2.45, 2.75) is 43.5 Å². The molecule has 0 atom stereocenters. The van der Waals surface area contributed by atoms with E-state index in [-0.39, 0.29) is 6.04 Å². The van der Waals surface area contributed by atoms with Crippen LogP contribution in [0.4, 0.5) is 0 Å². The van der Waals surface area contributed by atoms with E-state index in [1.165, 1.54) is 0 Å². The van der Waals surface area contributed by atoms with Crippen LogP contribution in [0.1, 0.15) is 32.3 Å². The van der Waals surface area contributed by atoms with E-state index in [1.54, 1.807) is 35.7 Å². The van der Waals surface area contributed by atoms with Crippen molar-refractivity contribution in [1.29, 1.82) is 0 Å². The van der Waals surface area contributed by atoms with Crippen LogP contribution >= 0.6 is 11.6 Å². The van der Waals surface area contributed by atoms with Gasteiger partial charge in [-0.05, 0) is 30.5 Å². The Balaban J connectivity index is 3.12. The van der Waals surface area contributed by atoms with Gasteiger partial charge in [0, 0.05) is 25.6 Å². The molecule has 21 heavy (non-hydrogen) atoms. The lowest BCUT2D eigenvalue weighted by atomic mass is 10.2. The first-order valence-corrected chi connectivity index (χ1v) is 9.14. The maximum Gasteiger partial charge on any atom is 0.243 e. The summed E-state index contributed by atoms with van der Waals surface area (Å²) in [4.78, 5) is 0.305. The van der Waals surface area contributed by atoms with Crippen molar-refractivity contribution in [3.8, 4) is 0 Å². The highest BCUT2D eigenvalue weighted by Crippen LogP contribution is 2.22. The summed E-state index contributed by atoms with van der Waals surface area (Å²) in [6.07, 6.45) is 1.55. The molecule has 0 amide bonds. The standard InChI is InChI=1S/C15H24ClNO3S/c1-4-14(5-2)17(10-11-20-3)21(18,19)15-8-6-13(12-16)7-9-15/h6-9,14H,4-5,10-12H2,1-3H3. The molecule has 0 aromatic heterocycles. The Kier molecular flexibility index (Phi) is 7.66. The molecular formula is C15H24ClNO3S. The van der Waals surface area contributed by atoms with Gasteiger partial charge in [0.1, 0.15) is 0 Å². The van der Waals surface area contributed by atoms with E-state index in [9.17, 15) is 8.42 Å². The van der Waals surface area contributed by atoms with Crippen molar-refractivity contribution >= 4 is 21.6 Å². The van der Waals surface area contributed by atoms with E-state index in [1.807, 2.05) is 13.8 Å². The fraction of sp³-hybridized carbons (Fsp3) is 0.600. The molecule has 0 aliphatic carbocycles. The third-order valence-electron chi connectivity index (χ3n) is 3.55. The molecule has 0 bridgehead atoms. The van der Waals surface area contributed by atoms with E-state index in [4.69, 9.17) is 16.3 Å². The maximum absolute atomic E-state index is 12.8. The molecule has 0 saturated heterocycles. The van der Waals surface area contributed by atoms with Crippen molar-refractivity contribution in [2.24, 2.45) is 0 Å². The molecule has 1 aromatic rings. The first-order valence-electron chi connectivity index (χ1n) is 7.16. The molecule has 0 heterocycles. The summed E-state index contributed by atoms with van der Waals surface area (Å²) in [7, 11) is -1.94. The number of nitrogens with zero attached hydrogens (tertiary/aromatic N) is 1. The Morgan fingerprint density at radius 1 is 1.19 bits per heavy atom. The lowest BCUT2D eigenvalue weighted by Gasteiger charge is -2.29. The van der Waals surface area contributed by atoms with Gasteiger partial charge >= 0.3 is 0 Å². The number of alkyl halides is 1. The Bertz CT molecular complexity index is 512. The van der Waals surface area contributed by atoms with Gasteiger partial charge < -0.3 is 4.74 Å². The van der Waals surface area contributed by atoms with Crippen molar-refractivity contribution < 1.29 is 13.2 Å². The average Bonchev–Trinajstić information content (AvgIpc) is 2.51. The number of rotatable bonds is 9. The molecule has 4 nitrogen and oxygen atoms in total. The number of benzene rings is 1. The van der Waals surface area contributed by atoms with Crippen LogP contribution in [0.5, 0.6) is 0 Å². The van der Waals surface area contributed by atoms with E-state index >= 15 is 0 Å². The summed E-state index contributed by atoms with van der Waals surface area (Å²) in [5.41, 5.74) is 0.904. The molecule has 0 aliphatic rings. The molecule has 0 saturated carbocycles. The van der Waals surface area contributed by atoms with Gasteiger partial charge in [-0.2, -0.15) is 4.31 Å². The van der Waals surface area contributed by atoms with Gasteiger partial charge in [0.25, 0.3) is 0 Å². The second-order valence-electron chi connectivity index (χ2n) is 4.86. The molecule has 1 aromatic carbocycles. The Morgan fingerprint density at radius 2 is 1.76 bits per heavy atom. The number of methoxy groups -OCH3 is 1. The fourth-order valence-electron chi connectivity index (χ4n) is 2.26. The minimum atomic E-state index is -3.51. The summed E-state index contributed by atoms with van der Waals surface area (Å²) in [5, 5.41) is 0. The summed E-state index contributed by atoms with van der Waals surface area (Å²) in [6, 6.07) is 6.73. The molecule has 0 unspecified atom stereocenters. The number of ether oxygens (including phenoxy) is 1. The van der Waals surface area contributed by atoms with Crippen LogP contribution < -0.4 is 0 Å². The Labute approximate surface area is 133 Å². The number of hydrogen-bond donors (Lipinski definition) is 0. The predicted octanol–water partition coefficient (Wildman–Crippen LogP) is 3.25. The molecule has 0 spiro atoms. The van der Waals surface area contributed by atoms with Crippen LogP contribution in [0, 0.1) is 0 Å². The quantitative estimate of drug-likeness (QED) is 0.652. The van der Waals surface area contributed by atoms with Crippen LogP contribution in [-0.2, 0) is 20.6 Å². The van der Waals surface area contributed by atoms with E-state index in [0.29, 0.717) is 23.9 Å². The number of hydrogen-bond acceptors (Lipinski definition) is 3. The van der Waals surface area contributed by atoms with E-state index < -0.39 is 10.0 Å². The lowest BCUT2D eigenvalue weighted by Crippen LogP contribution is -2.41. The Hall–Kier alpha value is -0.620. The lowest BCUT2D eigenvalue weighted by molar-refractivity contribution is 0.163. The van der Waals surface area contributed by atoms with Crippen molar-refractivity contribution in [3.63, 3.8) is 0 Å². The molecule has 0 radical (unpaired) electrons. The zero-order valence-electron chi connectivity index (χ0n) is 12.9. The largest absolute Gasteiger partial charge is 0.383 e. The van der Waals surface area contributed by atoms with Gasteiger partial charge in [0.2, 0.25) is 10.0 Å². The normalized spacial score (nSPS) is 12.3. The SMILES string of the molecule is CCC(CC)N(CCOC)S(=O)(=O)c1ccc(CCl)cc1. The minimum absolute atomic E-state index is 0.0159. The van der Waals surface area contributed by atoms with Gasteiger partial charge in [0.15, 0.2) is 0 Å². The second kappa shape index (κ2) is 8.73. The van der Waals surface area contributed by atoms with Crippen molar-refractivity contribution in [3.05, 3.63) is 29.8 Å². The summed E-state index contributed by atoms with van der Waals surface area (Å²) < 4.78 is 32.3. The van der Waals surface area contributed by atoms with Crippen LogP contribution in [0.3, 0.4) is 0 Å². The summed E-state index contributed by atoms with van der Waals surface area (Å²) in [5.74, 6) is 0.375. The monoisotopic (exact) mass is 333 g/mol. The third-order valence-corrected chi connectivity index (χ3v) is 5.82. The molecule has 0 fully saturated rings. The van der Waals surface area contributed by atoms with Gasteiger partial charge in [-0.1, -0.05) is 26.0 Å². The van der Waals surface area contributed by atoms with Crippen LogP contribution in [0.2, 0.25) is 0 Å². The number of sulfonamides is 1. The van der Waals surface area contributed by atoms with Gasteiger partial charge in [-0.25, -0.2) is 8.42 Å². The zero-order valence-corrected chi connectivity index (χ0v) is 14.5. The van der Waals surface area contributed by atoms with Crippen LogP contribution in [0.15, 0.2) is 29.2 Å². The van der Waals surface area contributed by atoms with Crippen molar-refractivity contribution in [1.82, 2.24) is 4.31 Å². The molecule has 120 valence electrons. The highest BCUT2D eigenvalue weighted by Gasteiger charge is 2.29. The fourth-order valence-corrected chi connectivity index (χ4v) is 4.20. The number of halogens is 1. The Morgan fingerprint density at radius 3 is 2.19 bits per heavy atom. The second-order valence-corrected chi connectivity index (χ2v) is 7.01. The molecule has 0 N–H and O–H groups in total. The van der Waals surface area contributed by atoms with E-state index in [2.05, 4.69) is 0 Å². The first kappa shape index (κ1) is 18.4. The highest BCUT2D eigenvalue weighted by molar-refractivity contribution is 7.89. The average molecular weight is 334 g/mol. The van der Waals surface area contributed by atoms with Crippen LogP contribution in [-0.4, -0.2) is 39.0 Å². The smallest absolute Gasteiger partial charge is 0.243 e. The van der Waals surface area contributed by atoms with E-state index in [0.717, 1.165) is 18.4 Å². The third kappa shape index (κ3) is 4.68. The first-order chi connectivity index (χ1) is 10.0. The molecular weight excluding hydrogens is 310 g/mol.